The maximum absolute atomic E-state index is 13.6. The van der Waals surface area contributed by atoms with E-state index in [2.05, 4.69) is 42.0 Å². The van der Waals surface area contributed by atoms with Crippen LogP contribution in [0.25, 0.3) is 10.3 Å². The van der Waals surface area contributed by atoms with Crippen molar-refractivity contribution in [2.24, 2.45) is 11.3 Å². The molecule has 0 radical (unpaired) electrons. The molecule has 230 valence electrons. The van der Waals surface area contributed by atoms with Crippen LogP contribution in [-0.4, -0.2) is 80.3 Å². The van der Waals surface area contributed by atoms with Gasteiger partial charge < -0.3 is 20.4 Å². The molecule has 3 atom stereocenters. The molecular weight excluding hydrogens is 564 g/mol. The van der Waals surface area contributed by atoms with Crippen LogP contribution in [0, 0.1) is 11.3 Å². The first kappa shape index (κ1) is 30.1. The Morgan fingerprint density at radius 3 is 2.58 bits per heavy atom. The molecule has 3 N–H and O–H groups in total. The molecular formula is C32H42N6O4S. The summed E-state index contributed by atoms with van der Waals surface area (Å²) in [5.41, 5.74) is 4.22. The van der Waals surface area contributed by atoms with Gasteiger partial charge in [-0.2, -0.15) is 0 Å². The topological polar surface area (TPSA) is 132 Å². The molecule has 3 aromatic heterocycles. The molecule has 10 nitrogen and oxygen atoms in total. The van der Waals surface area contributed by atoms with Crippen molar-refractivity contribution in [3.05, 3.63) is 46.2 Å². The number of thiazole rings is 1. The standard InChI is InChI=1S/C32H42N6O4S/c1-32(2,3)21-5-6-23-20(16-21)17-25-29(35-23)43-30(36-25)28(41)34-24(10-14-37-12-8-22(39)9-13-37)19-4-7-27(33-18-19)38-15-11-26(40)31(38)42/h4,7,17-18,21-22,24,26,39-40H,5-6,8-16H2,1-3H3,(H,34,41)/t21-,24?,26?/m0/s1. The fourth-order valence-corrected chi connectivity index (χ4v) is 7.34. The van der Waals surface area contributed by atoms with Crippen LogP contribution in [0.4, 0.5) is 5.82 Å². The first-order valence-corrected chi connectivity index (χ1v) is 16.3. The van der Waals surface area contributed by atoms with Crippen LogP contribution in [0.3, 0.4) is 0 Å². The maximum Gasteiger partial charge on any atom is 0.280 e. The van der Waals surface area contributed by atoms with Gasteiger partial charge in [-0.1, -0.05) is 38.2 Å². The van der Waals surface area contributed by atoms with E-state index in [4.69, 9.17) is 9.97 Å². The van der Waals surface area contributed by atoms with Gasteiger partial charge >= 0.3 is 0 Å². The first-order valence-electron chi connectivity index (χ1n) is 15.5. The zero-order chi connectivity index (χ0) is 30.3. The molecule has 2 unspecified atom stereocenters. The van der Waals surface area contributed by atoms with E-state index in [-0.39, 0.29) is 29.4 Å². The van der Waals surface area contributed by atoms with E-state index < -0.39 is 6.10 Å². The number of aryl methyl sites for hydroxylation is 1. The number of piperidine rings is 1. The van der Waals surface area contributed by atoms with Gasteiger partial charge in [0.05, 0.1) is 12.1 Å². The number of anilines is 1. The molecule has 43 heavy (non-hydrogen) atoms. The largest absolute Gasteiger partial charge is 0.393 e. The van der Waals surface area contributed by atoms with Gasteiger partial charge in [0.1, 0.15) is 22.3 Å². The highest BCUT2D eigenvalue weighted by Gasteiger charge is 2.32. The van der Waals surface area contributed by atoms with Crippen LogP contribution >= 0.6 is 11.3 Å². The Labute approximate surface area is 256 Å². The van der Waals surface area contributed by atoms with Crippen molar-refractivity contribution in [1.29, 1.82) is 0 Å². The molecule has 11 heteroatoms. The van der Waals surface area contributed by atoms with Crippen molar-refractivity contribution >= 4 is 39.3 Å². The van der Waals surface area contributed by atoms with Gasteiger partial charge in [0.2, 0.25) is 0 Å². The van der Waals surface area contributed by atoms with E-state index in [0.717, 1.165) is 73.3 Å². The van der Waals surface area contributed by atoms with Crippen LogP contribution in [0.1, 0.15) is 85.5 Å². The number of hydrogen-bond acceptors (Lipinski definition) is 9. The van der Waals surface area contributed by atoms with E-state index in [0.29, 0.717) is 36.1 Å². The van der Waals surface area contributed by atoms with Crippen LogP contribution in [0.5, 0.6) is 0 Å². The molecule has 3 aromatic rings. The molecule has 0 saturated carbocycles. The number of likely N-dealkylation sites (tertiary alicyclic amines) is 1. The summed E-state index contributed by atoms with van der Waals surface area (Å²) >= 11 is 1.33. The second-order valence-electron chi connectivity index (χ2n) is 13.4. The van der Waals surface area contributed by atoms with Gasteiger partial charge in [-0.15, -0.1) is 0 Å². The second-order valence-corrected chi connectivity index (χ2v) is 14.4. The summed E-state index contributed by atoms with van der Waals surface area (Å²) in [4.78, 5) is 44.7. The van der Waals surface area contributed by atoms with Gasteiger partial charge in [0.25, 0.3) is 11.8 Å². The van der Waals surface area contributed by atoms with Gasteiger partial charge in [-0.3, -0.25) is 14.5 Å². The Balaban J connectivity index is 1.20. The molecule has 2 saturated heterocycles. The highest BCUT2D eigenvalue weighted by Crippen LogP contribution is 2.38. The van der Waals surface area contributed by atoms with Gasteiger partial charge in [-0.25, -0.2) is 15.0 Å². The summed E-state index contributed by atoms with van der Waals surface area (Å²) in [5, 5.41) is 23.4. The van der Waals surface area contributed by atoms with Gasteiger partial charge in [0.15, 0.2) is 5.01 Å². The van der Waals surface area contributed by atoms with E-state index in [1.54, 1.807) is 12.3 Å². The number of hydrogen-bond donors (Lipinski definition) is 3. The molecule has 0 bridgehead atoms. The lowest BCUT2D eigenvalue weighted by Gasteiger charge is -2.34. The lowest BCUT2D eigenvalue weighted by atomic mass is 9.71. The number of nitrogens with zero attached hydrogens (tertiary/aromatic N) is 5. The highest BCUT2D eigenvalue weighted by atomic mass is 32.1. The number of carbonyl (C=O) groups is 2. The summed E-state index contributed by atoms with van der Waals surface area (Å²) in [6.07, 6.45) is 6.10. The van der Waals surface area contributed by atoms with Crippen molar-refractivity contribution in [2.45, 2.75) is 84.0 Å². The van der Waals surface area contributed by atoms with Crippen molar-refractivity contribution in [1.82, 2.24) is 25.2 Å². The molecule has 0 aromatic carbocycles. The molecule has 2 fully saturated rings. The normalized spacial score (nSPS) is 22.6. The number of nitrogens with one attached hydrogen (secondary N) is 1. The third-order valence-corrected chi connectivity index (χ3v) is 10.4. The smallest absolute Gasteiger partial charge is 0.280 e. The summed E-state index contributed by atoms with van der Waals surface area (Å²) in [6.45, 7) is 9.73. The third-order valence-electron chi connectivity index (χ3n) is 9.39. The van der Waals surface area contributed by atoms with Crippen LogP contribution < -0.4 is 10.2 Å². The van der Waals surface area contributed by atoms with Crippen molar-refractivity contribution < 1.29 is 19.8 Å². The number of fused-ring (bicyclic) bond motifs is 2. The first-order chi connectivity index (χ1) is 20.5. The number of aromatic nitrogens is 3. The number of rotatable bonds is 7. The summed E-state index contributed by atoms with van der Waals surface area (Å²) in [7, 11) is 0. The number of aliphatic hydroxyl groups excluding tert-OH is 2. The van der Waals surface area contributed by atoms with E-state index >= 15 is 0 Å². The summed E-state index contributed by atoms with van der Waals surface area (Å²) < 4.78 is 0. The molecule has 2 aliphatic heterocycles. The average molecular weight is 607 g/mol. The van der Waals surface area contributed by atoms with Crippen molar-refractivity contribution in [2.75, 3.05) is 31.1 Å². The summed E-state index contributed by atoms with van der Waals surface area (Å²) in [6, 6.07) is 5.48. The lowest BCUT2D eigenvalue weighted by molar-refractivity contribution is -0.124. The molecule has 1 aliphatic carbocycles. The van der Waals surface area contributed by atoms with E-state index in [1.807, 2.05) is 6.07 Å². The number of carbonyl (C=O) groups excluding carboxylic acids is 2. The minimum Gasteiger partial charge on any atom is -0.393 e. The average Bonchev–Trinajstić information content (AvgIpc) is 3.56. The number of amides is 2. The third kappa shape index (κ3) is 6.60. The Hall–Kier alpha value is -2.99. The lowest BCUT2D eigenvalue weighted by Crippen LogP contribution is -2.38. The minimum atomic E-state index is -0.981. The number of aliphatic hydroxyl groups is 2. The predicted molar refractivity (Wildman–Crippen MR) is 166 cm³/mol. The SMILES string of the molecule is CC(C)(C)[C@H]1CCc2nc3sc(C(=O)NC(CCN4CCC(O)CC4)c4ccc(N5CCC(O)C5=O)nc4)nc3cc2C1. The zero-order valence-corrected chi connectivity index (χ0v) is 26.1. The molecule has 0 spiro atoms. The quantitative estimate of drug-likeness (QED) is 0.372. The predicted octanol–water partition coefficient (Wildman–Crippen LogP) is 3.65. The zero-order valence-electron chi connectivity index (χ0n) is 25.3. The molecule has 2 amide bonds. The molecule has 6 rings (SSSR count). The maximum atomic E-state index is 13.6. The van der Waals surface area contributed by atoms with E-state index in [1.165, 1.54) is 21.8 Å². The Morgan fingerprint density at radius 1 is 1.12 bits per heavy atom. The highest BCUT2D eigenvalue weighted by molar-refractivity contribution is 7.19. The van der Waals surface area contributed by atoms with Crippen LogP contribution in [-0.2, 0) is 17.6 Å². The molecule has 3 aliphatic rings. The fraction of sp³-hybridized carbons (Fsp3) is 0.594. The number of pyridine rings is 2. The Morgan fingerprint density at radius 2 is 1.91 bits per heavy atom. The Bertz CT molecular complexity index is 1480. The van der Waals surface area contributed by atoms with Crippen LogP contribution in [0.2, 0.25) is 0 Å². The fourth-order valence-electron chi connectivity index (χ4n) is 6.50. The second kappa shape index (κ2) is 12.2. The summed E-state index contributed by atoms with van der Waals surface area (Å²) in [5.74, 6) is 0.514. The Kier molecular flexibility index (Phi) is 8.52. The van der Waals surface area contributed by atoms with Gasteiger partial charge in [0, 0.05) is 44.5 Å². The van der Waals surface area contributed by atoms with Crippen molar-refractivity contribution in [3.8, 4) is 0 Å². The van der Waals surface area contributed by atoms with Crippen molar-refractivity contribution in [3.63, 3.8) is 0 Å². The minimum absolute atomic E-state index is 0.237. The monoisotopic (exact) mass is 606 g/mol. The van der Waals surface area contributed by atoms with E-state index in [9.17, 15) is 19.8 Å². The molecule has 5 heterocycles. The van der Waals surface area contributed by atoms with Crippen LogP contribution in [0.15, 0.2) is 24.4 Å². The van der Waals surface area contributed by atoms with Gasteiger partial charge in [-0.05, 0) is 73.1 Å².